The van der Waals surface area contributed by atoms with Gasteiger partial charge in [0.25, 0.3) is 11.8 Å². The SMILES string of the molecule is COc1cc2c(cc1NC(=O)c1csnn1)-c1c(-c3cccs3)nc(C(=O)N(C)C(C)(C)C)n1CC2. The minimum Gasteiger partial charge on any atom is -0.495 e. The number of methoxy groups -OCH3 is 1. The third-order valence-corrected chi connectivity index (χ3v) is 7.73. The highest BCUT2D eigenvalue weighted by Gasteiger charge is 2.33. The molecule has 0 fully saturated rings. The average molecular weight is 523 g/mol. The van der Waals surface area contributed by atoms with Gasteiger partial charge in [-0.2, -0.15) is 0 Å². The summed E-state index contributed by atoms with van der Waals surface area (Å²) in [7, 11) is 3.38. The summed E-state index contributed by atoms with van der Waals surface area (Å²) in [6, 6.07) is 7.82. The van der Waals surface area contributed by atoms with E-state index in [0.717, 1.165) is 38.9 Å². The number of nitrogens with one attached hydrogen (secondary N) is 1. The molecular formula is C25H26N6O3S2. The van der Waals surface area contributed by atoms with Crippen LogP contribution < -0.4 is 10.1 Å². The number of imidazole rings is 1. The molecule has 4 aromatic rings. The Morgan fingerprint density at radius 3 is 2.69 bits per heavy atom. The number of carbonyl (C=O) groups excluding carboxylic acids is 2. The number of carbonyl (C=O) groups is 2. The van der Waals surface area contributed by atoms with Crippen LogP contribution in [0.5, 0.6) is 5.75 Å². The first kappa shape index (κ1) is 24.1. The second-order valence-electron chi connectivity index (χ2n) is 9.50. The minimum atomic E-state index is -0.368. The predicted molar refractivity (Wildman–Crippen MR) is 141 cm³/mol. The van der Waals surface area contributed by atoms with E-state index in [2.05, 4.69) is 14.9 Å². The van der Waals surface area contributed by atoms with Crippen molar-refractivity contribution in [2.75, 3.05) is 19.5 Å². The highest BCUT2D eigenvalue weighted by Crippen LogP contribution is 2.43. The Morgan fingerprint density at radius 2 is 2.06 bits per heavy atom. The normalized spacial score (nSPS) is 12.6. The number of hydrogen-bond acceptors (Lipinski definition) is 8. The van der Waals surface area contributed by atoms with Crippen LogP contribution >= 0.6 is 22.9 Å². The number of hydrogen-bond donors (Lipinski definition) is 1. The van der Waals surface area contributed by atoms with Crippen LogP contribution in [0.25, 0.3) is 21.8 Å². The maximum absolute atomic E-state index is 13.6. The Bertz CT molecular complexity index is 1440. The molecule has 36 heavy (non-hydrogen) atoms. The molecule has 0 bridgehead atoms. The average Bonchev–Trinajstić information content (AvgIpc) is 3.62. The van der Waals surface area contributed by atoms with Gasteiger partial charge in [0.2, 0.25) is 0 Å². The summed E-state index contributed by atoms with van der Waals surface area (Å²) in [4.78, 5) is 33.9. The first-order valence-corrected chi connectivity index (χ1v) is 13.1. The van der Waals surface area contributed by atoms with Crippen molar-refractivity contribution in [1.82, 2.24) is 24.0 Å². The van der Waals surface area contributed by atoms with Gasteiger partial charge in [-0.05, 0) is 67.9 Å². The van der Waals surface area contributed by atoms with Crippen LogP contribution in [-0.4, -0.2) is 55.5 Å². The van der Waals surface area contributed by atoms with Gasteiger partial charge in [0.1, 0.15) is 11.4 Å². The number of aromatic nitrogens is 4. The van der Waals surface area contributed by atoms with E-state index in [1.165, 1.54) is 0 Å². The zero-order valence-corrected chi connectivity index (χ0v) is 22.3. The number of anilines is 1. The number of rotatable bonds is 5. The molecular weight excluding hydrogens is 496 g/mol. The first-order valence-electron chi connectivity index (χ1n) is 11.4. The van der Waals surface area contributed by atoms with E-state index in [1.54, 1.807) is 35.8 Å². The molecule has 0 atom stereocenters. The second-order valence-corrected chi connectivity index (χ2v) is 11.1. The molecule has 2 amide bonds. The van der Waals surface area contributed by atoms with Gasteiger partial charge >= 0.3 is 0 Å². The summed E-state index contributed by atoms with van der Waals surface area (Å²) < 4.78 is 11.4. The maximum atomic E-state index is 13.6. The van der Waals surface area contributed by atoms with Crippen molar-refractivity contribution in [3.63, 3.8) is 0 Å². The molecule has 1 aromatic carbocycles. The molecule has 11 heteroatoms. The summed E-state index contributed by atoms with van der Waals surface area (Å²) in [6.07, 6.45) is 0.697. The lowest BCUT2D eigenvalue weighted by Gasteiger charge is -2.32. The van der Waals surface area contributed by atoms with E-state index in [-0.39, 0.29) is 23.0 Å². The van der Waals surface area contributed by atoms with Gasteiger partial charge < -0.3 is 19.5 Å². The third kappa shape index (κ3) is 4.18. The molecule has 0 unspecified atom stereocenters. The van der Waals surface area contributed by atoms with Gasteiger partial charge in [0.15, 0.2) is 11.5 Å². The lowest BCUT2D eigenvalue weighted by Crippen LogP contribution is -2.43. The van der Waals surface area contributed by atoms with Gasteiger partial charge in [0, 0.05) is 30.1 Å². The monoisotopic (exact) mass is 522 g/mol. The Kier molecular flexibility index (Phi) is 6.13. The van der Waals surface area contributed by atoms with E-state index in [9.17, 15) is 9.59 Å². The number of fused-ring (bicyclic) bond motifs is 3. The number of nitrogens with zero attached hydrogens (tertiary/aromatic N) is 5. The molecule has 1 aliphatic heterocycles. The highest BCUT2D eigenvalue weighted by atomic mass is 32.1. The molecule has 0 saturated carbocycles. The Balaban J connectivity index is 1.67. The van der Waals surface area contributed by atoms with Crippen LogP contribution in [0.1, 0.15) is 47.4 Å². The topological polar surface area (TPSA) is 102 Å². The fourth-order valence-corrected chi connectivity index (χ4v) is 5.30. The van der Waals surface area contributed by atoms with E-state index in [1.807, 2.05) is 55.0 Å². The fourth-order valence-electron chi connectivity index (χ4n) is 4.14. The van der Waals surface area contributed by atoms with Crippen LogP contribution in [0.2, 0.25) is 0 Å². The summed E-state index contributed by atoms with van der Waals surface area (Å²) in [5, 5.41) is 10.3. The molecule has 1 aliphatic rings. The van der Waals surface area contributed by atoms with Crippen LogP contribution in [0, 0.1) is 0 Å². The Hall–Kier alpha value is -3.57. The lowest BCUT2D eigenvalue weighted by atomic mass is 9.95. The predicted octanol–water partition coefficient (Wildman–Crippen LogP) is 4.82. The quantitative estimate of drug-likeness (QED) is 0.403. The van der Waals surface area contributed by atoms with Gasteiger partial charge in [-0.25, -0.2) is 4.98 Å². The number of thiophene rings is 1. The van der Waals surface area contributed by atoms with Gasteiger partial charge in [-0.3, -0.25) is 9.59 Å². The molecule has 4 heterocycles. The van der Waals surface area contributed by atoms with Crippen LogP contribution in [-0.2, 0) is 13.0 Å². The van der Waals surface area contributed by atoms with Crippen molar-refractivity contribution in [3.05, 3.63) is 52.1 Å². The highest BCUT2D eigenvalue weighted by molar-refractivity contribution is 7.13. The van der Waals surface area contributed by atoms with E-state index in [0.29, 0.717) is 30.2 Å². The number of ether oxygens (including phenoxy) is 1. The third-order valence-electron chi connectivity index (χ3n) is 6.35. The van der Waals surface area contributed by atoms with Crippen molar-refractivity contribution >= 4 is 40.4 Å². The lowest BCUT2D eigenvalue weighted by molar-refractivity contribution is 0.0637. The summed E-state index contributed by atoms with van der Waals surface area (Å²) >= 11 is 2.69. The molecule has 3 aromatic heterocycles. The number of aryl methyl sites for hydroxylation is 1. The summed E-state index contributed by atoms with van der Waals surface area (Å²) in [5.74, 6) is 0.465. The first-order chi connectivity index (χ1) is 17.2. The standard InChI is InChI=1S/C25H26N6O3S2/c1-25(2,3)30(4)24(33)22-27-20(19-7-6-10-35-19)21-15-12-16(26-23(32)17-13-36-29-28-17)18(34-5)11-14(15)8-9-31(21)22/h6-7,10-13H,8-9H2,1-5H3,(H,26,32). The molecule has 186 valence electrons. The Labute approximate surface area is 216 Å². The van der Waals surface area contributed by atoms with Crippen molar-refractivity contribution in [2.24, 2.45) is 0 Å². The minimum absolute atomic E-state index is 0.131. The van der Waals surface area contributed by atoms with Crippen LogP contribution in [0.15, 0.2) is 35.0 Å². The zero-order chi connectivity index (χ0) is 25.6. The molecule has 5 rings (SSSR count). The van der Waals surface area contributed by atoms with Crippen molar-refractivity contribution < 1.29 is 14.3 Å². The fraction of sp³-hybridized carbons (Fsp3) is 0.320. The number of amides is 2. The van der Waals surface area contributed by atoms with Crippen molar-refractivity contribution in [3.8, 4) is 27.6 Å². The molecule has 0 radical (unpaired) electrons. The van der Waals surface area contributed by atoms with E-state index < -0.39 is 0 Å². The van der Waals surface area contributed by atoms with Gasteiger partial charge in [0.05, 0.1) is 23.4 Å². The zero-order valence-electron chi connectivity index (χ0n) is 20.7. The molecule has 0 spiro atoms. The smallest absolute Gasteiger partial charge is 0.290 e. The van der Waals surface area contributed by atoms with E-state index in [4.69, 9.17) is 9.72 Å². The van der Waals surface area contributed by atoms with Crippen molar-refractivity contribution in [2.45, 2.75) is 39.3 Å². The maximum Gasteiger partial charge on any atom is 0.290 e. The van der Waals surface area contributed by atoms with Gasteiger partial charge in [-0.1, -0.05) is 10.6 Å². The molecule has 1 N–H and O–H groups in total. The second kappa shape index (κ2) is 9.14. The van der Waals surface area contributed by atoms with Crippen LogP contribution in [0.4, 0.5) is 5.69 Å². The molecule has 0 aliphatic carbocycles. The van der Waals surface area contributed by atoms with Gasteiger partial charge in [-0.15, -0.1) is 16.4 Å². The number of benzene rings is 1. The molecule has 0 saturated heterocycles. The van der Waals surface area contributed by atoms with E-state index >= 15 is 0 Å². The Morgan fingerprint density at radius 1 is 1.25 bits per heavy atom. The molecule has 9 nitrogen and oxygen atoms in total. The van der Waals surface area contributed by atoms with Crippen LogP contribution in [0.3, 0.4) is 0 Å². The summed E-state index contributed by atoms with van der Waals surface area (Å²) in [5.41, 5.74) is 3.98. The van der Waals surface area contributed by atoms with Crippen molar-refractivity contribution in [1.29, 1.82) is 0 Å². The largest absolute Gasteiger partial charge is 0.495 e. The summed E-state index contributed by atoms with van der Waals surface area (Å²) in [6.45, 7) is 6.61.